The fraction of sp³-hybridized carbons (Fsp3) is 0.610. The monoisotopic (exact) mass is 801 g/mol. The molecule has 2 aromatic rings. The van der Waals surface area contributed by atoms with Crippen molar-refractivity contribution < 1.29 is 43.4 Å². The van der Waals surface area contributed by atoms with Gasteiger partial charge < -0.3 is 46.7 Å². The van der Waals surface area contributed by atoms with Gasteiger partial charge in [0.05, 0.1) is 12.1 Å². The third-order valence-corrected chi connectivity index (χ3v) is 10.4. The van der Waals surface area contributed by atoms with Crippen molar-refractivity contribution in [3.63, 3.8) is 0 Å². The summed E-state index contributed by atoms with van der Waals surface area (Å²) in [5.74, 6) is -5.48. The number of aromatic nitrogens is 1. The second-order valence-corrected chi connectivity index (χ2v) is 16.7. The van der Waals surface area contributed by atoms with Crippen LogP contribution in [0.3, 0.4) is 0 Å². The number of benzene rings is 1. The number of carbonyl (C=O) groups is 6. The fourth-order valence-electron chi connectivity index (χ4n) is 6.98. The predicted octanol–water partition coefficient (Wildman–Crippen LogP) is 3.19. The molecule has 5 atom stereocenters. The summed E-state index contributed by atoms with van der Waals surface area (Å²) in [5, 5.41) is 30.8. The number of amides is 4. The molecular weight excluding hydrogens is 737 g/mol. The number of aliphatic carboxylic acids is 2. The Labute approximate surface area is 335 Å². The Hall–Kier alpha value is -4.83. The summed E-state index contributed by atoms with van der Waals surface area (Å²) in [7, 11) is 5.07. The highest BCUT2D eigenvalue weighted by Crippen LogP contribution is 2.35. The molecule has 15 nitrogen and oxygen atoms in total. The van der Waals surface area contributed by atoms with Gasteiger partial charge in [0.25, 0.3) is 0 Å². The van der Waals surface area contributed by atoms with Gasteiger partial charge in [-0.2, -0.15) is 0 Å². The van der Waals surface area contributed by atoms with Gasteiger partial charge in [-0.05, 0) is 81.3 Å². The van der Waals surface area contributed by atoms with Crippen molar-refractivity contribution in [2.24, 2.45) is 24.1 Å². The minimum absolute atomic E-state index is 0.120. The van der Waals surface area contributed by atoms with E-state index in [-0.39, 0.29) is 30.8 Å². The van der Waals surface area contributed by atoms with Crippen LogP contribution in [0.25, 0.3) is 10.9 Å². The molecule has 0 bridgehead atoms. The predicted molar refractivity (Wildman–Crippen MR) is 217 cm³/mol. The SMILES string of the molecule is CN[C@H](C(=O)N[C@H](C(=O)N(C)[C@H](/C=C(\C)C(=O)N[C@H](CCC(=O)N[C@@H](CCCCN)C(=O)O)C(=O)O)C(C)C)C(C)(C)C)C(C)(C)c1cn(C)c2ccc(F)cc12. The van der Waals surface area contributed by atoms with Gasteiger partial charge in [-0.25, -0.2) is 14.0 Å². The first-order valence-corrected chi connectivity index (χ1v) is 19.3. The number of hydrogen-bond donors (Lipinski definition) is 7. The lowest BCUT2D eigenvalue weighted by atomic mass is 9.76. The average Bonchev–Trinajstić information content (AvgIpc) is 3.45. The second-order valence-electron chi connectivity index (χ2n) is 16.7. The van der Waals surface area contributed by atoms with Crippen LogP contribution in [0.4, 0.5) is 4.39 Å². The average molecular weight is 802 g/mol. The lowest BCUT2D eigenvalue weighted by Crippen LogP contribution is -2.61. The summed E-state index contributed by atoms with van der Waals surface area (Å²) >= 11 is 0. The molecule has 4 amide bonds. The maximum absolute atomic E-state index is 14.4. The molecule has 0 saturated heterocycles. The minimum Gasteiger partial charge on any atom is -0.480 e. The van der Waals surface area contributed by atoms with Crippen molar-refractivity contribution in [3.05, 3.63) is 47.4 Å². The van der Waals surface area contributed by atoms with Gasteiger partial charge in [-0.1, -0.05) is 54.5 Å². The van der Waals surface area contributed by atoms with E-state index in [1.54, 1.807) is 26.2 Å². The number of carboxylic acid groups (broad SMARTS) is 2. The summed E-state index contributed by atoms with van der Waals surface area (Å²) in [4.78, 5) is 79.4. The van der Waals surface area contributed by atoms with E-state index in [0.29, 0.717) is 24.8 Å². The molecule has 1 heterocycles. The molecule has 8 N–H and O–H groups in total. The molecule has 0 aliphatic carbocycles. The summed E-state index contributed by atoms with van der Waals surface area (Å²) in [6.07, 6.45) is 4.03. The van der Waals surface area contributed by atoms with Crippen molar-refractivity contribution in [1.29, 1.82) is 0 Å². The van der Waals surface area contributed by atoms with Gasteiger partial charge in [-0.3, -0.25) is 19.2 Å². The summed E-state index contributed by atoms with van der Waals surface area (Å²) in [6, 6.07) is -0.600. The van der Waals surface area contributed by atoms with Crippen molar-refractivity contribution in [2.45, 2.75) is 123 Å². The molecule has 0 aliphatic rings. The Morgan fingerprint density at radius 3 is 2.05 bits per heavy atom. The Morgan fingerprint density at radius 2 is 1.53 bits per heavy atom. The summed E-state index contributed by atoms with van der Waals surface area (Å²) in [6.45, 7) is 14.8. The smallest absolute Gasteiger partial charge is 0.326 e. The maximum atomic E-state index is 14.4. The molecule has 2 rings (SSSR count). The number of nitrogens with two attached hydrogens (primary N) is 1. The van der Waals surface area contributed by atoms with E-state index < -0.39 is 82.4 Å². The van der Waals surface area contributed by atoms with Crippen LogP contribution >= 0.6 is 0 Å². The molecule has 0 fully saturated rings. The number of fused-ring (bicyclic) bond motifs is 1. The first-order chi connectivity index (χ1) is 26.4. The number of likely N-dealkylation sites (N-methyl/N-ethyl adjacent to an activating group) is 2. The van der Waals surface area contributed by atoms with Crippen molar-refractivity contribution >= 4 is 46.5 Å². The number of nitrogens with zero attached hydrogens (tertiary/aromatic N) is 2. The molecule has 57 heavy (non-hydrogen) atoms. The Kier molecular flexibility index (Phi) is 17.4. The number of carboxylic acids is 2. The largest absolute Gasteiger partial charge is 0.480 e. The lowest BCUT2D eigenvalue weighted by molar-refractivity contribution is -0.143. The van der Waals surface area contributed by atoms with E-state index in [9.17, 15) is 43.4 Å². The van der Waals surface area contributed by atoms with E-state index in [0.717, 1.165) is 11.1 Å². The highest BCUT2D eigenvalue weighted by atomic mass is 19.1. The third-order valence-electron chi connectivity index (χ3n) is 10.4. The first kappa shape index (κ1) is 48.3. The van der Waals surface area contributed by atoms with Crippen LogP contribution in [0.1, 0.15) is 93.1 Å². The Morgan fingerprint density at radius 1 is 0.930 bits per heavy atom. The zero-order chi connectivity index (χ0) is 43.6. The number of unbranched alkanes of at least 4 members (excludes halogenated alkanes) is 1. The van der Waals surface area contributed by atoms with Crippen molar-refractivity contribution in [3.8, 4) is 0 Å². The standard InChI is InChI=1S/C41H64FN7O8/c1-23(2)31(20-24(3)35(51)46-29(39(56)57)16-18-32(50)45-28(38(54)55)14-12-13-19-43)49(11)37(53)34(40(4,5)6)47-36(52)33(44-9)41(7,8)27-22-48(10)30-17-15-25(42)21-26(27)30/h15,17,20-23,28-29,31,33-34,44H,12-14,16,18-19,43H2,1-11H3,(H,45,50)(H,46,51)(H,47,52)(H,54,55)(H,56,57)/b24-20+/t28-,29+,31+,33+,34+/m0/s1. The van der Waals surface area contributed by atoms with Crippen LogP contribution in [0.15, 0.2) is 36.0 Å². The van der Waals surface area contributed by atoms with E-state index >= 15 is 0 Å². The first-order valence-electron chi connectivity index (χ1n) is 19.3. The Balaban J connectivity index is 2.28. The van der Waals surface area contributed by atoms with Crippen LogP contribution in [-0.2, 0) is 41.2 Å². The highest BCUT2D eigenvalue weighted by Gasteiger charge is 2.42. The number of halogens is 1. The summed E-state index contributed by atoms with van der Waals surface area (Å²) < 4.78 is 16.3. The van der Waals surface area contributed by atoms with Gasteiger partial charge >= 0.3 is 11.9 Å². The molecule has 318 valence electrons. The van der Waals surface area contributed by atoms with Crippen LogP contribution in [0, 0.1) is 17.2 Å². The molecular formula is C41H64FN7O8. The van der Waals surface area contributed by atoms with E-state index in [1.807, 2.05) is 66.3 Å². The molecule has 16 heteroatoms. The maximum Gasteiger partial charge on any atom is 0.326 e. The number of rotatable bonds is 21. The van der Waals surface area contributed by atoms with Crippen LogP contribution in [0.2, 0.25) is 0 Å². The lowest BCUT2D eigenvalue weighted by Gasteiger charge is -2.39. The van der Waals surface area contributed by atoms with E-state index in [4.69, 9.17) is 5.73 Å². The number of hydrogen-bond acceptors (Lipinski definition) is 8. The molecule has 0 spiro atoms. The van der Waals surface area contributed by atoms with Crippen LogP contribution in [0.5, 0.6) is 0 Å². The second kappa shape index (κ2) is 20.5. The van der Waals surface area contributed by atoms with Crippen molar-refractivity contribution in [2.75, 3.05) is 20.6 Å². The van der Waals surface area contributed by atoms with Crippen molar-refractivity contribution in [1.82, 2.24) is 30.7 Å². The molecule has 0 saturated carbocycles. The molecule has 0 radical (unpaired) electrons. The minimum atomic E-state index is -1.46. The Bertz CT molecular complexity index is 1800. The molecule has 0 aliphatic heterocycles. The number of aryl methyl sites for hydroxylation is 1. The number of nitrogens with one attached hydrogen (secondary N) is 4. The van der Waals surface area contributed by atoms with Gasteiger partial charge in [0.15, 0.2) is 0 Å². The van der Waals surface area contributed by atoms with E-state index in [1.165, 1.54) is 24.0 Å². The normalized spacial score (nSPS) is 15.0. The third kappa shape index (κ3) is 12.8. The zero-order valence-corrected chi connectivity index (χ0v) is 35.3. The molecule has 1 aromatic carbocycles. The van der Waals surface area contributed by atoms with Gasteiger partial charge in [0, 0.05) is 48.6 Å². The van der Waals surface area contributed by atoms with Crippen LogP contribution < -0.4 is 27.0 Å². The number of carbonyl (C=O) groups excluding carboxylic acids is 4. The topological polar surface area (TPSA) is 225 Å². The molecule has 0 unspecified atom stereocenters. The quantitative estimate of drug-likeness (QED) is 0.0721. The zero-order valence-electron chi connectivity index (χ0n) is 35.3. The highest BCUT2D eigenvalue weighted by molar-refractivity contribution is 5.96. The van der Waals surface area contributed by atoms with Crippen LogP contribution in [-0.4, -0.2) is 106 Å². The van der Waals surface area contributed by atoms with Gasteiger partial charge in [-0.15, -0.1) is 0 Å². The summed E-state index contributed by atoms with van der Waals surface area (Å²) in [5.41, 5.74) is 5.51. The molecule has 1 aromatic heterocycles. The van der Waals surface area contributed by atoms with Gasteiger partial charge in [0.1, 0.15) is 23.9 Å². The van der Waals surface area contributed by atoms with E-state index in [2.05, 4.69) is 21.3 Å². The fourth-order valence-corrected chi connectivity index (χ4v) is 6.98. The van der Waals surface area contributed by atoms with Gasteiger partial charge in [0.2, 0.25) is 23.6 Å².